The first-order chi connectivity index (χ1) is 9.22. The smallest absolute Gasteiger partial charge is 0.303 e. The Morgan fingerprint density at radius 3 is 1.70 bits per heavy atom. The van der Waals surface area contributed by atoms with Gasteiger partial charge in [0.1, 0.15) is 4.11 Å². The van der Waals surface area contributed by atoms with E-state index in [9.17, 15) is 14.4 Å². The van der Waals surface area contributed by atoms with Crippen LogP contribution in [0.1, 0.15) is 27.7 Å². The Morgan fingerprint density at radius 1 is 0.850 bits per heavy atom. The van der Waals surface area contributed by atoms with E-state index in [1.807, 2.05) is 22.6 Å². The molecule has 1 aliphatic heterocycles. The third-order valence-electron chi connectivity index (χ3n) is 2.62. The van der Waals surface area contributed by atoms with Gasteiger partial charge in [-0.15, -0.1) is 0 Å². The Bertz CT molecular complexity index is 369. The third-order valence-corrected chi connectivity index (χ3v) is 3.62. The van der Waals surface area contributed by atoms with Crippen molar-refractivity contribution in [2.45, 2.75) is 56.2 Å². The van der Waals surface area contributed by atoms with Gasteiger partial charge in [-0.1, -0.05) is 0 Å². The van der Waals surface area contributed by atoms with Crippen LogP contribution in [-0.4, -0.2) is 46.4 Å². The zero-order valence-corrected chi connectivity index (χ0v) is 13.8. The van der Waals surface area contributed by atoms with E-state index < -0.39 is 46.4 Å². The Morgan fingerprint density at radius 2 is 1.25 bits per heavy atom. The summed E-state index contributed by atoms with van der Waals surface area (Å²) in [6, 6.07) is 0. The molecule has 5 atom stereocenters. The fourth-order valence-electron chi connectivity index (χ4n) is 1.96. The van der Waals surface area contributed by atoms with Crippen LogP contribution < -0.4 is 0 Å². The van der Waals surface area contributed by atoms with E-state index in [-0.39, 0.29) is 0 Å². The first kappa shape index (κ1) is 17.2. The molecule has 0 unspecified atom stereocenters. The summed E-state index contributed by atoms with van der Waals surface area (Å²) >= 11 is 1.94. The lowest BCUT2D eigenvalue weighted by Crippen LogP contribution is -2.58. The summed E-state index contributed by atoms with van der Waals surface area (Å²) < 4.78 is 20.5. The Labute approximate surface area is 130 Å². The van der Waals surface area contributed by atoms with Gasteiger partial charge in [0, 0.05) is 20.8 Å². The number of carbonyl (C=O) groups excluding carboxylic acids is 3. The highest BCUT2D eigenvalue weighted by molar-refractivity contribution is 14.1. The molecule has 1 rings (SSSR count). The van der Waals surface area contributed by atoms with Crippen LogP contribution in [0.25, 0.3) is 0 Å². The highest BCUT2D eigenvalue weighted by atomic mass is 127. The predicted octanol–water partition coefficient (Wildman–Crippen LogP) is 0.961. The van der Waals surface area contributed by atoms with Crippen molar-refractivity contribution < 1.29 is 33.3 Å². The number of hydrogen-bond acceptors (Lipinski definition) is 7. The summed E-state index contributed by atoms with van der Waals surface area (Å²) in [7, 11) is 0. The Kier molecular flexibility index (Phi) is 6.18. The molecule has 0 bridgehead atoms. The molecule has 0 aliphatic carbocycles. The van der Waals surface area contributed by atoms with E-state index in [4.69, 9.17) is 18.9 Å². The molecule has 1 fully saturated rings. The minimum Gasteiger partial charge on any atom is -0.456 e. The van der Waals surface area contributed by atoms with Crippen molar-refractivity contribution in [3.63, 3.8) is 0 Å². The molecular weight excluding hydrogens is 383 g/mol. The van der Waals surface area contributed by atoms with E-state index >= 15 is 0 Å². The van der Waals surface area contributed by atoms with Crippen LogP contribution in [0, 0.1) is 0 Å². The van der Waals surface area contributed by atoms with Gasteiger partial charge >= 0.3 is 17.9 Å². The van der Waals surface area contributed by atoms with Gasteiger partial charge < -0.3 is 18.9 Å². The van der Waals surface area contributed by atoms with Crippen molar-refractivity contribution in [1.29, 1.82) is 0 Å². The Hall–Kier alpha value is -0.900. The van der Waals surface area contributed by atoms with Gasteiger partial charge in [0.05, 0.1) is 6.10 Å². The topological polar surface area (TPSA) is 88.1 Å². The van der Waals surface area contributed by atoms with E-state index in [1.165, 1.54) is 20.8 Å². The lowest BCUT2D eigenvalue weighted by molar-refractivity contribution is -0.226. The summed E-state index contributed by atoms with van der Waals surface area (Å²) in [5.41, 5.74) is 0. The monoisotopic (exact) mass is 400 g/mol. The summed E-state index contributed by atoms with van der Waals surface area (Å²) in [6.45, 7) is 5.42. The number of rotatable bonds is 3. The number of carbonyl (C=O) groups is 3. The molecular formula is C12H17IO7. The largest absolute Gasteiger partial charge is 0.456 e. The zero-order chi connectivity index (χ0) is 15.4. The van der Waals surface area contributed by atoms with E-state index in [1.54, 1.807) is 6.92 Å². The molecule has 0 amide bonds. The van der Waals surface area contributed by atoms with Crippen molar-refractivity contribution in [3.05, 3.63) is 0 Å². The summed E-state index contributed by atoms with van der Waals surface area (Å²) in [4.78, 5) is 33.6. The van der Waals surface area contributed by atoms with Crippen molar-refractivity contribution in [1.82, 2.24) is 0 Å². The maximum absolute atomic E-state index is 11.2. The molecule has 0 aromatic heterocycles. The van der Waals surface area contributed by atoms with Crippen LogP contribution in [0.4, 0.5) is 0 Å². The van der Waals surface area contributed by atoms with Crippen LogP contribution >= 0.6 is 22.6 Å². The van der Waals surface area contributed by atoms with Gasteiger partial charge in [-0.3, -0.25) is 14.4 Å². The summed E-state index contributed by atoms with van der Waals surface area (Å²) in [6.07, 6.45) is -3.05. The molecule has 0 spiro atoms. The lowest BCUT2D eigenvalue weighted by atomic mass is 10.0. The quantitative estimate of drug-likeness (QED) is 0.302. The number of hydrogen-bond donors (Lipinski definition) is 0. The molecule has 0 aromatic carbocycles. The Balaban J connectivity index is 3.01. The molecule has 20 heavy (non-hydrogen) atoms. The average Bonchev–Trinajstić information content (AvgIpc) is 2.27. The molecule has 114 valence electrons. The summed E-state index contributed by atoms with van der Waals surface area (Å²) in [5, 5.41) is 0. The van der Waals surface area contributed by atoms with Crippen LogP contribution in [0.3, 0.4) is 0 Å². The van der Waals surface area contributed by atoms with Crippen LogP contribution in [0.15, 0.2) is 0 Å². The normalized spacial score (nSPS) is 33.1. The minimum atomic E-state index is -0.897. The molecule has 8 heteroatoms. The van der Waals surface area contributed by atoms with Gasteiger partial charge in [0.15, 0.2) is 18.3 Å². The number of alkyl halides is 1. The molecule has 1 aliphatic rings. The second-order valence-corrected chi connectivity index (χ2v) is 5.64. The molecule has 7 nitrogen and oxygen atoms in total. The molecule has 0 aromatic rings. The van der Waals surface area contributed by atoms with E-state index in [2.05, 4.69) is 0 Å². The van der Waals surface area contributed by atoms with Gasteiger partial charge in [0.25, 0.3) is 0 Å². The van der Waals surface area contributed by atoms with Crippen LogP contribution in [0.2, 0.25) is 0 Å². The molecule has 0 N–H and O–H groups in total. The second kappa shape index (κ2) is 7.21. The fraction of sp³-hybridized carbons (Fsp3) is 0.750. The van der Waals surface area contributed by atoms with Gasteiger partial charge in [-0.2, -0.15) is 0 Å². The highest BCUT2D eigenvalue weighted by Gasteiger charge is 2.49. The highest BCUT2D eigenvalue weighted by Crippen LogP contribution is 2.31. The van der Waals surface area contributed by atoms with Gasteiger partial charge in [0.2, 0.25) is 0 Å². The van der Waals surface area contributed by atoms with Crippen molar-refractivity contribution in [2.24, 2.45) is 0 Å². The van der Waals surface area contributed by atoms with Crippen molar-refractivity contribution in [3.8, 4) is 0 Å². The van der Waals surface area contributed by atoms with Crippen LogP contribution in [-0.2, 0) is 33.3 Å². The zero-order valence-electron chi connectivity index (χ0n) is 11.6. The number of esters is 3. The van der Waals surface area contributed by atoms with Crippen LogP contribution in [0.5, 0.6) is 0 Å². The first-order valence-corrected chi connectivity index (χ1v) is 7.28. The van der Waals surface area contributed by atoms with E-state index in [0.717, 1.165) is 0 Å². The maximum Gasteiger partial charge on any atom is 0.303 e. The fourth-order valence-corrected chi connectivity index (χ4v) is 2.97. The molecule has 0 radical (unpaired) electrons. The van der Waals surface area contributed by atoms with Crippen molar-refractivity contribution in [2.75, 3.05) is 0 Å². The second-order valence-electron chi connectivity index (χ2n) is 4.41. The molecule has 1 heterocycles. The first-order valence-electron chi connectivity index (χ1n) is 6.03. The molecule has 0 saturated carbocycles. The third kappa shape index (κ3) is 4.58. The summed E-state index contributed by atoms with van der Waals surface area (Å²) in [5.74, 6) is -1.62. The molecule has 1 saturated heterocycles. The predicted molar refractivity (Wildman–Crippen MR) is 75.0 cm³/mol. The van der Waals surface area contributed by atoms with Gasteiger partial charge in [-0.05, 0) is 29.5 Å². The number of ether oxygens (including phenoxy) is 4. The average molecular weight is 400 g/mol. The minimum absolute atomic E-state index is 0.489. The maximum atomic E-state index is 11.2. The van der Waals surface area contributed by atoms with Gasteiger partial charge in [-0.25, -0.2) is 0 Å². The van der Waals surface area contributed by atoms with Crippen molar-refractivity contribution >= 4 is 40.5 Å². The standard InChI is InChI=1S/C12H17IO7/c1-5-9(18-6(2)14)10(19-7(3)15)11(12(13)17-5)20-8(4)16/h5,9-12H,1-4H3/t5-,9+,10+,11-,12+/m0/s1. The van der Waals surface area contributed by atoms with E-state index in [0.29, 0.717) is 0 Å². The SMILES string of the molecule is CC(=O)O[C@@H]1[C@H](OC(C)=O)[C@H](C)O[C@@H](I)[C@H]1OC(C)=O. The number of halogens is 1. The lowest BCUT2D eigenvalue weighted by Gasteiger charge is -2.41.